The summed E-state index contributed by atoms with van der Waals surface area (Å²) in [5.74, 6) is -2.12. The van der Waals surface area contributed by atoms with Crippen molar-refractivity contribution in [3.8, 4) is 6.07 Å². The Balaban J connectivity index is 1.94. The summed E-state index contributed by atoms with van der Waals surface area (Å²) in [5.41, 5.74) is -1.41. The zero-order valence-corrected chi connectivity index (χ0v) is 15.3. The van der Waals surface area contributed by atoms with Crippen molar-refractivity contribution in [2.45, 2.75) is 18.7 Å². The van der Waals surface area contributed by atoms with Gasteiger partial charge in [0, 0.05) is 24.7 Å². The molecule has 0 aliphatic carbocycles. The van der Waals surface area contributed by atoms with E-state index in [2.05, 4.69) is 10.1 Å². The molecule has 0 fully saturated rings. The molecule has 0 bridgehead atoms. The molecule has 1 atom stereocenters. The lowest BCUT2D eigenvalue weighted by atomic mass is 9.92. The third kappa shape index (κ3) is 5.19. The maximum atomic E-state index is 14.5. The van der Waals surface area contributed by atoms with Crippen molar-refractivity contribution in [2.75, 3.05) is 13.1 Å². The standard InChI is InChI=1S/C20H18F3N5O/c21-16-3-1-2-15(8-16)10-27(7-6-24)11-20(29,12-28-14-25-13-26-28)18-5-4-17(22)9-19(18)23/h1-5,8-9,13-14,29H,7,10-12H2. The lowest BCUT2D eigenvalue weighted by Gasteiger charge is -2.34. The minimum Gasteiger partial charge on any atom is -0.382 e. The highest BCUT2D eigenvalue weighted by atomic mass is 19.1. The lowest BCUT2D eigenvalue weighted by molar-refractivity contribution is -0.0206. The van der Waals surface area contributed by atoms with Crippen molar-refractivity contribution in [1.82, 2.24) is 19.7 Å². The Morgan fingerprint density at radius 2 is 1.93 bits per heavy atom. The third-order valence-electron chi connectivity index (χ3n) is 4.40. The summed E-state index contributed by atoms with van der Waals surface area (Å²) < 4.78 is 42.7. The van der Waals surface area contributed by atoms with Gasteiger partial charge in [0.1, 0.15) is 35.7 Å². The fourth-order valence-corrected chi connectivity index (χ4v) is 3.20. The number of hydrogen-bond acceptors (Lipinski definition) is 5. The van der Waals surface area contributed by atoms with Gasteiger partial charge in [0.2, 0.25) is 0 Å². The van der Waals surface area contributed by atoms with E-state index < -0.39 is 23.1 Å². The van der Waals surface area contributed by atoms with Gasteiger partial charge in [0.05, 0.1) is 19.2 Å². The van der Waals surface area contributed by atoms with Crippen LogP contribution in [0.3, 0.4) is 0 Å². The Labute approximate surface area is 165 Å². The lowest BCUT2D eigenvalue weighted by Crippen LogP contribution is -2.44. The highest BCUT2D eigenvalue weighted by molar-refractivity contribution is 5.26. The van der Waals surface area contributed by atoms with Gasteiger partial charge in [-0.2, -0.15) is 10.4 Å². The van der Waals surface area contributed by atoms with Crippen LogP contribution in [0.1, 0.15) is 11.1 Å². The van der Waals surface area contributed by atoms with Gasteiger partial charge in [0.15, 0.2) is 0 Å². The maximum absolute atomic E-state index is 14.5. The summed E-state index contributed by atoms with van der Waals surface area (Å²) in [5, 5.41) is 24.5. The first kappa shape index (κ1) is 20.5. The van der Waals surface area contributed by atoms with E-state index in [1.807, 2.05) is 6.07 Å². The molecule has 1 N–H and O–H groups in total. The molecule has 9 heteroatoms. The molecule has 1 aromatic heterocycles. The second-order valence-electron chi connectivity index (χ2n) is 6.68. The molecule has 29 heavy (non-hydrogen) atoms. The molecule has 0 spiro atoms. The van der Waals surface area contributed by atoms with Crippen LogP contribution in [0.25, 0.3) is 0 Å². The van der Waals surface area contributed by atoms with Crippen LogP contribution in [-0.4, -0.2) is 37.9 Å². The molecule has 0 aliphatic rings. The van der Waals surface area contributed by atoms with Crippen LogP contribution >= 0.6 is 0 Å². The summed E-state index contributed by atoms with van der Waals surface area (Å²) >= 11 is 0. The van der Waals surface area contributed by atoms with E-state index in [1.54, 1.807) is 11.0 Å². The molecule has 6 nitrogen and oxygen atoms in total. The molecular weight excluding hydrogens is 383 g/mol. The first-order chi connectivity index (χ1) is 13.9. The number of aromatic nitrogens is 3. The molecule has 1 heterocycles. The van der Waals surface area contributed by atoms with Crippen molar-refractivity contribution >= 4 is 0 Å². The van der Waals surface area contributed by atoms with Gasteiger partial charge in [-0.25, -0.2) is 22.8 Å². The highest BCUT2D eigenvalue weighted by Gasteiger charge is 2.35. The van der Waals surface area contributed by atoms with Crippen LogP contribution in [0.2, 0.25) is 0 Å². The fraction of sp³-hybridized carbons (Fsp3) is 0.250. The summed E-state index contributed by atoms with van der Waals surface area (Å²) in [6.07, 6.45) is 2.62. The SMILES string of the molecule is N#CCN(Cc1cccc(F)c1)CC(O)(Cn1cncn1)c1ccc(F)cc1F. The topological polar surface area (TPSA) is 78.0 Å². The van der Waals surface area contributed by atoms with Crippen molar-refractivity contribution in [3.63, 3.8) is 0 Å². The predicted molar refractivity (Wildman–Crippen MR) is 97.6 cm³/mol. The Kier molecular flexibility index (Phi) is 6.26. The monoisotopic (exact) mass is 401 g/mol. The van der Waals surface area contributed by atoms with E-state index in [4.69, 9.17) is 0 Å². The summed E-state index contributed by atoms with van der Waals surface area (Å²) in [6, 6.07) is 10.7. The van der Waals surface area contributed by atoms with E-state index >= 15 is 0 Å². The normalized spacial score (nSPS) is 13.2. The number of hydrogen-bond donors (Lipinski definition) is 1. The van der Waals surface area contributed by atoms with Crippen molar-refractivity contribution in [1.29, 1.82) is 5.26 Å². The molecule has 2 aromatic carbocycles. The molecule has 0 amide bonds. The molecular formula is C20H18F3N5O. The maximum Gasteiger partial charge on any atom is 0.137 e. The second-order valence-corrected chi connectivity index (χ2v) is 6.68. The minimum atomic E-state index is -1.85. The number of rotatable bonds is 8. The largest absolute Gasteiger partial charge is 0.382 e. The van der Waals surface area contributed by atoms with Gasteiger partial charge >= 0.3 is 0 Å². The predicted octanol–water partition coefficient (Wildman–Crippen LogP) is 2.61. The molecule has 3 aromatic rings. The molecule has 0 radical (unpaired) electrons. The van der Waals surface area contributed by atoms with E-state index in [-0.39, 0.29) is 31.7 Å². The van der Waals surface area contributed by atoms with E-state index in [0.29, 0.717) is 11.6 Å². The smallest absolute Gasteiger partial charge is 0.137 e. The Morgan fingerprint density at radius 3 is 2.59 bits per heavy atom. The molecule has 3 rings (SSSR count). The number of nitrogens with zero attached hydrogens (tertiary/aromatic N) is 5. The zero-order chi connectivity index (χ0) is 20.9. The molecule has 1 unspecified atom stereocenters. The number of aliphatic hydroxyl groups is 1. The van der Waals surface area contributed by atoms with Crippen molar-refractivity contribution in [2.24, 2.45) is 0 Å². The van der Waals surface area contributed by atoms with Gasteiger partial charge in [-0.3, -0.25) is 4.90 Å². The number of halogens is 3. The number of benzene rings is 2. The van der Waals surface area contributed by atoms with Crippen molar-refractivity contribution in [3.05, 3.63) is 83.7 Å². The van der Waals surface area contributed by atoms with Crippen LogP contribution in [0.15, 0.2) is 55.1 Å². The van der Waals surface area contributed by atoms with Crippen LogP contribution < -0.4 is 0 Å². The zero-order valence-electron chi connectivity index (χ0n) is 15.3. The van der Waals surface area contributed by atoms with E-state index in [1.165, 1.54) is 35.5 Å². The van der Waals surface area contributed by atoms with Gasteiger partial charge in [-0.05, 0) is 23.8 Å². The summed E-state index contributed by atoms with van der Waals surface area (Å²) in [7, 11) is 0. The van der Waals surface area contributed by atoms with Crippen molar-refractivity contribution < 1.29 is 18.3 Å². The average Bonchev–Trinajstić information content (AvgIpc) is 3.14. The first-order valence-corrected chi connectivity index (χ1v) is 8.74. The van der Waals surface area contributed by atoms with Gasteiger partial charge < -0.3 is 5.11 Å². The van der Waals surface area contributed by atoms with Crippen LogP contribution in [0.4, 0.5) is 13.2 Å². The van der Waals surface area contributed by atoms with E-state index in [9.17, 15) is 23.5 Å². The first-order valence-electron chi connectivity index (χ1n) is 8.74. The van der Waals surface area contributed by atoms with Gasteiger partial charge in [-0.1, -0.05) is 18.2 Å². The average molecular weight is 401 g/mol. The molecule has 0 saturated heterocycles. The number of nitriles is 1. The third-order valence-corrected chi connectivity index (χ3v) is 4.40. The van der Waals surface area contributed by atoms with E-state index in [0.717, 1.165) is 12.1 Å². The highest BCUT2D eigenvalue weighted by Crippen LogP contribution is 2.28. The second kappa shape index (κ2) is 8.86. The summed E-state index contributed by atoms with van der Waals surface area (Å²) in [4.78, 5) is 5.36. The molecule has 150 valence electrons. The Hall–Kier alpha value is -3.22. The molecule has 0 aliphatic heterocycles. The Bertz CT molecular complexity index is 1010. The Morgan fingerprint density at radius 1 is 1.14 bits per heavy atom. The van der Waals surface area contributed by atoms with Crippen LogP contribution in [0, 0.1) is 28.8 Å². The van der Waals surface area contributed by atoms with Crippen LogP contribution in [0.5, 0.6) is 0 Å². The van der Waals surface area contributed by atoms with Gasteiger partial charge in [-0.15, -0.1) is 0 Å². The minimum absolute atomic E-state index is 0.0982. The van der Waals surface area contributed by atoms with Gasteiger partial charge in [0.25, 0.3) is 0 Å². The molecule has 0 saturated carbocycles. The quantitative estimate of drug-likeness (QED) is 0.587. The fourth-order valence-electron chi connectivity index (χ4n) is 3.20. The summed E-state index contributed by atoms with van der Waals surface area (Å²) in [6.45, 7) is -0.313. The van der Waals surface area contributed by atoms with Crippen LogP contribution in [-0.2, 0) is 18.7 Å².